The van der Waals surface area contributed by atoms with E-state index in [1.807, 2.05) is 38.1 Å². The van der Waals surface area contributed by atoms with Crippen LogP contribution in [0, 0.1) is 16.7 Å². The number of Topliss-reactive ketones (excluding diaryl/α,β-unsaturated/α-hetero) is 1. The minimum Gasteiger partial charge on any atom is -0.444 e. The van der Waals surface area contributed by atoms with Crippen LogP contribution in [0.1, 0.15) is 52.0 Å². The van der Waals surface area contributed by atoms with Crippen LogP contribution in [-0.2, 0) is 19.7 Å². The van der Waals surface area contributed by atoms with E-state index in [1.165, 1.54) is 0 Å². The number of rotatable bonds is 3. The lowest BCUT2D eigenvalue weighted by atomic mass is 9.62. The van der Waals surface area contributed by atoms with Crippen molar-refractivity contribution in [3.8, 4) is 6.07 Å². The van der Waals surface area contributed by atoms with Gasteiger partial charge >= 0.3 is 0 Å². The minimum atomic E-state index is -1.51. The molecule has 1 aromatic rings. The van der Waals surface area contributed by atoms with Crippen molar-refractivity contribution in [3.05, 3.63) is 52.6 Å². The van der Waals surface area contributed by atoms with Gasteiger partial charge in [-0.1, -0.05) is 45.4 Å². The second-order valence-electron chi connectivity index (χ2n) is 8.77. The van der Waals surface area contributed by atoms with Crippen LogP contribution in [0.5, 0.6) is 0 Å². The largest absolute Gasteiger partial charge is 0.444 e. The number of ketones is 1. The highest BCUT2D eigenvalue weighted by Crippen LogP contribution is 2.57. The maximum absolute atomic E-state index is 14.0. The molecular formula is C23H25N3O3. The van der Waals surface area contributed by atoms with Gasteiger partial charge in [-0.25, -0.2) is 0 Å². The van der Waals surface area contributed by atoms with Crippen molar-refractivity contribution in [1.82, 2.24) is 0 Å². The molecule has 2 aliphatic heterocycles. The van der Waals surface area contributed by atoms with Gasteiger partial charge in [0.05, 0.1) is 5.57 Å². The molecule has 1 amide bonds. The van der Waals surface area contributed by atoms with Crippen molar-refractivity contribution in [1.29, 1.82) is 5.26 Å². The molecule has 1 spiro atoms. The van der Waals surface area contributed by atoms with Crippen molar-refractivity contribution in [3.63, 3.8) is 0 Å². The minimum absolute atomic E-state index is 0.0146. The maximum atomic E-state index is 14.0. The smallest absolute Gasteiger partial charge is 0.247 e. The van der Waals surface area contributed by atoms with Crippen LogP contribution < -0.4 is 10.6 Å². The van der Waals surface area contributed by atoms with Crippen LogP contribution >= 0.6 is 0 Å². The number of allylic oxidation sites excluding steroid dienone is 1. The first-order chi connectivity index (χ1) is 13.8. The van der Waals surface area contributed by atoms with Gasteiger partial charge in [-0.15, -0.1) is 0 Å². The summed E-state index contributed by atoms with van der Waals surface area (Å²) in [6.45, 7) is 6.56. The third-order valence-corrected chi connectivity index (χ3v) is 6.08. The third kappa shape index (κ3) is 2.53. The number of carbonyl (C=O) groups is 2. The lowest BCUT2D eigenvalue weighted by Crippen LogP contribution is -2.50. The molecule has 4 rings (SSSR count). The Labute approximate surface area is 170 Å². The number of para-hydroxylation sites is 1. The van der Waals surface area contributed by atoms with Crippen LogP contribution in [0.25, 0.3) is 0 Å². The molecule has 1 aliphatic carbocycles. The zero-order valence-corrected chi connectivity index (χ0v) is 17.0. The highest BCUT2D eigenvalue weighted by atomic mass is 16.5. The van der Waals surface area contributed by atoms with Gasteiger partial charge in [0.15, 0.2) is 5.78 Å². The number of nitrogens with zero attached hydrogens (tertiary/aromatic N) is 2. The average molecular weight is 391 g/mol. The first kappa shape index (κ1) is 19.3. The van der Waals surface area contributed by atoms with Gasteiger partial charge in [0.2, 0.25) is 11.8 Å². The topological polar surface area (TPSA) is 96.4 Å². The summed E-state index contributed by atoms with van der Waals surface area (Å²) in [5.74, 6) is -0.104. The highest BCUT2D eigenvalue weighted by molar-refractivity contribution is 6.20. The number of fused-ring (bicyclic) bond motifs is 3. The van der Waals surface area contributed by atoms with Gasteiger partial charge < -0.3 is 15.4 Å². The molecule has 6 nitrogen and oxygen atoms in total. The van der Waals surface area contributed by atoms with Crippen molar-refractivity contribution in [2.45, 2.75) is 51.9 Å². The molecule has 3 aliphatic rings. The SMILES string of the molecule is CCCCN1C(=O)C2(C(C#N)=C(N)OC3=C2C(=O)CC(C)(C)C3)c2ccccc21. The van der Waals surface area contributed by atoms with Gasteiger partial charge in [0.1, 0.15) is 22.8 Å². The van der Waals surface area contributed by atoms with Crippen molar-refractivity contribution in [2.24, 2.45) is 11.1 Å². The van der Waals surface area contributed by atoms with Crippen LogP contribution in [0.15, 0.2) is 47.1 Å². The molecule has 0 bridgehead atoms. The average Bonchev–Trinajstić information content (AvgIpc) is 2.88. The van der Waals surface area contributed by atoms with E-state index in [1.54, 1.807) is 4.90 Å². The monoisotopic (exact) mass is 391 g/mol. The highest BCUT2D eigenvalue weighted by Gasteiger charge is 2.62. The van der Waals surface area contributed by atoms with E-state index in [2.05, 4.69) is 13.0 Å². The van der Waals surface area contributed by atoms with Gasteiger partial charge in [-0.2, -0.15) is 5.26 Å². The summed E-state index contributed by atoms with van der Waals surface area (Å²) >= 11 is 0. The van der Waals surface area contributed by atoms with Crippen molar-refractivity contribution >= 4 is 17.4 Å². The Kier molecular flexibility index (Phi) is 4.30. The number of anilines is 1. The standard InChI is InChI=1S/C23H25N3O3/c1-4-5-10-26-16-9-7-6-8-14(16)23(21(26)28)15(13-24)20(25)29-18-12-22(2,3)11-17(27)19(18)23/h6-9H,4-5,10-12,25H2,1-3H3. The Balaban J connectivity index is 2.04. The lowest BCUT2D eigenvalue weighted by Gasteiger charge is -2.41. The lowest BCUT2D eigenvalue weighted by molar-refractivity contribution is -0.125. The quantitative estimate of drug-likeness (QED) is 0.851. The summed E-state index contributed by atoms with van der Waals surface area (Å²) in [4.78, 5) is 29.0. The number of ether oxygens (including phenoxy) is 1. The molecule has 1 unspecified atom stereocenters. The summed E-state index contributed by atoms with van der Waals surface area (Å²) in [7, 11) is 0. The van der Waals surface area contributed by atoms with Gasteiger partial charge in [-0.3, -0.25) is 9.59 Å². The second kappa shape index (κ2) is 6.48. The molecule has 2 heterocycles. The fourth-order valence-corrected chi connectivity index (χ4v) is 4.88. The zero-order chi connectivity index (χ0) is 21.0. The number of nitriles is 1. The second-order valence-corrected chi connectivity index (χ2v) is 8.77. The molecule has 1 atom stereocenters. The van der Waals surface area contributed by atoms with E-state index in [0.717, 1.165) is 18.5 Å². The van der Waals surface area contributed by atoms with Crippen LogP contribution in [0.2, 0.25) is 0 Å². The number of benzene rings is 1. The summed E-state index contributed by atoms with van der Waals surface area (Å²) in [5, 5.41) is 10.00. The number of unbranched alkanes of at least 4 members (excludes halogenated alkanes) is 1. The summed E-state index contributed by atoms with van der Waals surface area (Å²) in [6, 6.07) is 9.49. The Morgan fingerprint density at radius 1 is 1.24 bits per heavy atom. The van der Waals surface area contributed by atoms with Gasteiger partial charge in [-0.05, 0) is 17.9 Å². The van der Waals surface area contributed by atoms with E-state index < -0.39 is 5.41 Å². The van der Waals surface area contributed by atoms with Gasteiger partial charge in [0, 0.05) is 30.6 Å². The predicted molar refractivity (Wildman–Crippen MR) is 108 cm³/mol. The van der Waals surface area contributed by atoms with E-state index in [-0.39, 0.29) is 28.6 Å². The molecule has 0 radical (unpaired) electrons. The normalized spacial score (nSPS) is 25.1. The first-order valence-electron chi connectivity index (χ1n) is 10.0. The molecule has 150 valence electrons. The van der Waals surface area contributed by atoms with E-state index in [4.69, 9.17) is 10.5 Å². The summed E-state index contributed by atoms with van der Waals surface area (Å²) in [5.41, 5.74) is 6.04. The number of hydrogen-bond acceptors (Lipinski definition) is 5. The Bertz CT molecular complexity index is 1030. The maximum Gasteiger partial charge on any atom is 0.247 e. The fraction of sp³-hybridized carbons (Fsp3) is 0.435. The molecule has 29 heavy (non-hydrogen) atoms. The Morgan fingerprint density at radius 2 is 1.97 bits per heavy atom. The zero-order valence-electron chi connectivity index (χ0n) is 17.0. The van der Waals surface area contributed by atoms with E-state index in [0.29, 0.717) is 36.3 Å². The third-order valence-electron chi connectivity index (χ3n) is 6.08. The number of carbonyl (C=O) groups excluding carboxylic acids is 2. The number of amides is 1. The van der Waals surface area contributed by atoms with Crippen LogP contribution in [0.3, 0.4) is 0 Å². The Morgan fingerprint density at radius 3 is 2.66 bits per heavy atom. The molecule has 0 saturated heterocycles. The fourth-order valence-electron chi connectivity index (χ4n) is 4.88. The molecule has 1 aromatic carbocycles. The van der Waals surface area contributed by atoms with Gasteiger partial charge in [0.25, 0.3) is 0 Å². The van der Waals surface area contributed by atoms with Crippen LogP contribution in [-0.4, -0.2) is 18.2 Å². The first-order valence-corrected chi connectivity index (χ1v) is 10.0. The molecule has 0 saturated carbocycles. The predicted octanol–water partition coefficient (Wildman–Crippen LogP) is 3.44. The van der Waals surface area contributed by atoms with Crippen molar-refractivity contribution < 1.29 is 14.3 Å². The molecular weight excluding hydrogens is 366 g/mol. The van der Waals surface area contributed by atoms with Crippen molar-refractivity contribution in [2.75, 3.05) is 11.4 Å². The Hall–Kier alpha value is -3.07. The summed E-state index contributed by atoms with van der Waals surface area (Å²) < 4.78 is 5.79. The molecule has 0 aromatic heterocycles. The van der Waals surface area contributed by atoms with E-state index in [9.17, 15) is 14.9 Å². The van der Waals surface area contributed by atoms with Crippen LogP contribution in [0.4, 0.5) is 5.69 Å². The number of nitrogens with two attached hydrogens (primary N) is 1. The molecule has 0 fully saturated rings. The molecule has 2 N–H and O–H groups in total. The number of hydrogen-bond donors (Lipinski definition) is 1. The summed E-state index contributed by atoms with van der Waals surface area (Å²) in [6.07, 6.45) is 2.52. The van der Waals surface area contributed by atoms with E-state index >= 15 is 0 Å². The molecule has 6 heteroatoms.